The van der Waals surface area contributed by atoms with Gasteiger partial charge in [0.1, 0.15) is 0 Å². The Hall–Kier alpha value is -0.0800. The molecule has 2 nitrogen and oxygen atoms in total. The minimum absolute atomic E-state index is 0.376. The highest BCUT2D eigenvalue weighted by atomic mass is 16.5. The second-order valence-corrected chi connectivity index (χ2v) is 8.02. The van der Waals surface area contributed by atoms with Gasteiger partial charge in [-0.1, -0.05) is 72.1 Å². The second kappa shape index (κ2) is 10.6. The van der Waals surface area contributed by atoms with Crippen LogP contribution < -0.4 is 5.32 Å². The van der Waals surface area contributed by atoms with E-state index in [4.69, 9.17) is 4.74 Å². The van der Waals surface area contributed by atoms with E-state index in [-0.39, 0.29) is 0 Å². The van der Waals surface area contributed by atoms with Crippen LogP contribution in [0.1, 0.15) is 91.4 Å². The molecule has 0 aromatic carbocycles. The quantitative estimate of drug-likeness (QED) is 0.759. The lowest BCUT2D eigenvalue weighted by Crippen LogP contribution is -2.40. The standard InChI is InChI=1S/C19H39NO/c1-19(2,3)15-16-21-18-14-12-10-8-6-5-7-9-11-13-17(18)20-4/h17-18,20H,5-16H2,1-4H3. The molecule has 1 saturated carbocycles. The van der Waals surface area contributed by atoms with Crippen molar-refractivity contribution in [1.29, 1.82) is 0 Å². The molecule has 1 N–H and O–H groups in total. The number of ether oxygens (including phenoxy) is 1. The normalized spacial score (nSPS) is 26.9. The highest BCUT2D eigenvalue weighted by Crippen LogP contribution is 2.22. The Balaban J connectivity index is 2.45. The van der Waals surface area contributed by atoms with E-state index in [2.05, 4.69) is 33.1 Å². The molecule has 0 aromatic rings. The van der Waals surface area contributed by atoms with Crippen LogP contribution in [0.2, 0.25) is 0 Å². The molecule has 2 heteroatoms. The number of rotatable bonds is 4. The van der Waals surface area contributed by atoms with Crippen molar-refractivity contribution in [3.8, 4) is 0 Å². The van der Waals surface area contributed by atoms with Gasteiger partial charge in [-0.2, -0.15) is 0 Å². The molecule has 2 atom stereocenters. The van der Waals surface area contributed by atoms with Crippen LogP contribution in [0.4, 0.5) is 0 Å². The lowest BCUT2D eigenvalue weighted by atomic mass is 9.92. The monoisotopic (exact) mass is 297 g/mol. The smallest absolute Gasteiger partial charge is 0.0727 e. The van der Waals surface area contributed by atoms with Gasteiger partial charge in [-0.05, 0) is 31.7 Å². The number of nitrogens with one attached hydrogen (secondary N) is 1. The minimum atomic E-state index is 0.376. The number of hydrogen-bond donors (Lipinski definition) is 1. The van der Waals surface area contributed by atoms with Crippen molar-refractivity contribution in [2.45, 2.75) is 104 Å². The predicted octanol–water partition coefficient (Wildman–Crippen LogP) is 5.31. The van der Waals surface area contributed by atoms with Crippen molar-refractivity contribution < 1.29 is 4.74 Å². The molecule has 0 aliphatic heterocycles. The van der Waals surface area contributed by atoms with Gasteiger partial charge in [-0.3, -0.25) is 0 Å². The van der Waals surface area contributed by atoms with Crippen LogP contribution in [-0.2, 0) is 4.74 Å². The number of hydrogen-bond acceptors (Lipinski definition) is 2. The third kappa shape index (κ3) is 9.52. The number of likely N-dealkylation sites (N-methyl/N-ethyl adjacent to an activating group) is 1. The molecule has 126 valence electrons. The maximum atomic E-state index is 6.30. The zero-order chi connectivity index (χ0) is 15.6. The van der Waals surface area contributed by atoms with Crippen LogP contribution in [0.25, 0.3) is 0 Å². The molecule has 0 radical (unpaired) electrons. The topological polar surface area (TPSA) is 21.3 Å². The summed E-state index contributed by atoms with van der Waals surface area (Å²) in [6.45, 7) is 7.80. The van der Waals surface area contributed by atoms with E-state index in [1.165, 1.54) is 64.2 Å². The fraction of sp³-hybridized carbons (Fsp3) is 1.00. The fourth-order valence-corrected chi connectivity index (χ4v) is 3.20. The Kier molecular flexibility index (Phi) is 9.59. The first-order valence-corrected chi connectivity index (χ1v) is 9.32. The molecule has 0 saturated heterocycles. The lowest BCUT2D eigenvalue weighted by molar-refractivity contribution is 0.00638. The van der Waals surface area contributed by atoms with Gasteiger partial charge in [-0.25, -0.2) is 0 Å². The van der Waals surface area contributed by atoms with E-state index in [1.807, 2.05) is 0 Å². The van der Waals surface area contributed by atoms with Gasteiger partial charge >= 0.3 is 0 Å². The molecule has 0 spiro atoms. The summed E-state index contributed by atoms with van der Waals surface area (Å²) >= 11 is 0. The molecule has 0 bridgehead atoms. The van der Waals surface area contributed by atoms with Gasteiger partial charge in [0.15, 0.2) is 0 Å². The predicted molar refractivity (Wildman–Crippen MR) is 92.8 cm³/mol. The SMILES string of the molecule is CNC1CCCCCCCCCCC1OCCC(C)(C)C. The summed E-state index contributed by atoms with van der Waals surface area (Å²) in [6.07, 6.45) is 15.3. The zero-order valence-corrected chi connectivity index (χ0v) is 15.0. The van der Waals surface area contributed by atoms with Gasteiger partial charge in [0.25, 0.3) is 0 Å². The van der Waals surface area contributed by atoms with Crippen LogP contribution in [-0.4, -0.2) is 25.8 Å². The van der Waals surface area contributed by atoms with Crippen molar-refractivity contribution in [2.75, 3.05) is 13.7 Å². The maximum absolute atomic E-state index is 6.30. The van der Waals surface area contributed by atoms with E-state index in [9.17, 15) is 0 Å². The zero-order valence-electron chi connectivity index (χ0n) is 15.0. The highest BCUT2D eigenvalue weighted by molar-refractivity contribution is 4.77. The van der Waals surface area contributed by atoms with E-state index >= 15 is 0 Å². The first-order chi connectivity index (χ1) is 10.0. The highest BCUT2D eigenvalue weighted by Gasteiger charge is 2.21. The molecule has 2 unspecified atom stereocenters. The van der Waals surface area contributed by atoms with Crippen molar-refractivity contribution in [2.24, 2.45) is 5.41 Å². The average molecular weight is 298 g/mol. The average Bonchev–Trinajstić information content (AvgIpc) is 2.40. The third-order valence-corrected chi connectivity index (χ3v) is 4.76. The molecule has 1 aliphatic carbocycles. The van der Waals surface area contributed by atoms with Gasteiger partial charge in [0.05, 0.1) is 6.10 Å². The van der Waals surface area contributed by atoms with Crippen LogP contribution in [0, 0.1) is 5.41 Å². The van der Waals surface area contributed by atoms with Crippen molar-refractivity contribution in [1.82, 2.24) is 5.32 Å². The molecular formula is C19H39NO. The van der Waals surface area contributed by atoms with Crippen LogP contribution in [0.3, 0.4) is 0 Å². The molecule has 1 fully saturated rings. The summed E-state index contributed by atoms with van der Waals surface area (Å²) in [4.78, 5) is 0. The van der Waals surface area contributed by atoms with Crippen molar-refractivity contribution >= 4 is 0 Å². The third-order valence-electron chi connectivity index (χ3n) is 4.76. The minimum Gasteiger partial charge on any atom is -0.377 e. The Morgan fingerprint density at radius 3 is 1.90 bits per heavy atom. The van der Waals surface area contributed by atoms with E-state index < -0.39 is 0 Å². The Bertz CT molecular complexity index is 246. The van der Waals surface area contributed by atoms with E-state index in [0.29, 0.717) is 17.6 Å². The molecule has 0 amide bonds. The van der Waals surface area contributed by atoms with Gasteiger partial charge in [-0.15, -0.1) is 0 Å². The summed E-state index contributed by atoms with van der Waals surface area (Å²) in [6, 6.07) is 0.546. The van der Waals surface area contributed by atoms with Crippen LogP contribution in [0.15, 0.2) is 0 Å². The molecule has 1 rings (SSSR count). The van der Waals surface area contributed by atoms with E-state index in [1.54, 1.807) is 0 Å². The summed E-state index contributed by atoms with van der Waals surface area (Å²) in [7, 11) is 2.11. The Morgan fingerprint density at radius 2 is 1.38 bits per heavy atom. The summed E-state index contributed by atoms with van der Waals surface area (Å²) in [5.41, 5.74) is 0.376. The Morgan fingerprint density at radius 1 is 0.857 bits per heavy atom. The van der Waals surface area contributed by atoms with Gasteiger partial charge < -0.3 is 10.1 Å². The molecule has 21 heavy (non-hydrogen) atoms. The van der Waals surface area contributed by atoms with Crippen LogP contribution >= 0.6 is 0 Å². The van der Waals surface area contributed by atoms with Gasteiger partial charge in [0.2, 0.25) is 0 Å². The molecule has 0 aromatic heterocycles. The Labute approximate surface area is 133 Å². The van der Waals surface area contributed by atoms with E-state index in [0.717, 1.165) is 13.0 Å². The summed E-state index contributed by atoms with van der Waals surface area (Å²) in [5.74, 6) is 0. The van der Waals surface area contributed by atoms with Crippen molar-refractivity contribution in [3.63, 3.8) is 0 Å². The first kappa shape index (κ1) is 19.0. The summed E-state index contributed by atoms with van der Waals surface area (Å²) < 4.78 is 6.30. The first-order valence-electron chi connectivity index (χ1n) is 9.32. The van der Waals surface area contributed by atoms with Crippen LogP contribution in [0.5, 0.6) is 0 Å². The lowest BCUT2D eigenvalue weighted by Gasteiger charge is -2.29. The summed E-state index contributed by atoms with van der Waals surface area (Å²) in [5, 5.41) is 3.53. The molecular weight excluding hydrogens is 258 g/mol. The maximum Gasteiger partial charge on any atom is 0.0727 e. The molecule has 0 heterocycles. The largest absolute Gasteiger partial charge is 0.377 e. The molecule has 1 aliphatic rings. The van der Waals surface area contributed by atoms with Crippen molar-refractivity contribution in [3.05, 3.63) is 0 Å². The second-order valence-electron chi connectivity index (χ2n) is 8.02. The fourth-order valence-electron chi connectivity index (χ4n) is 3.20. The van der Waals surface area contributed by atoms with Gasteiger partial charge in [0, 0.05) is 12.6 Å².